The summed E-state index contributed by atoms with van der Waals surface area (Å²) in [4.78, 5) is 25.5. The van der Waals surface area contributed by atoms with Crippen molar-refractivity contribution in [3.63, 3.8) is 0 Å². The van der Waals surface area contributed by atoms with Crippen LogP contribution in [0.1, 0.15) is 28.8 Å². The van der Waals surface area contributed by atoms with E-state index in [1.807, 2.05) is 18.2 Å². The number of nitrogens with zero attached hydrogens (tertiary/aromatic N) is 1. The maximum atomic E-state index is 12.0. The van der Waals surface area contributed by atoms with Crippen molar-refractivity contribution >= 4 is 24.2 Å². The van der Waals surface area contributed by atoms with Gasteiger partial charge in [0.2, 0.25) is 5.91 Å². The number of halogens is 1. The Morgan fingerprint density at radius 3 is 2.71 bits per heavy atom. The molecule has 3 N–H and O–H groups in total. The van der Waals surface area contributed by atoms with E-state index in [0.29, 0.717) is 25.1 Å². The van der Waals surface area contributed by atoms with Gasteiger partial charge >= 0.3 is 0 Å². The maximum Gasteiger partial charge on any atom is 0.253 e. The highest BCUT2D eigenvalue weighted by atomic mass is 35.5. The van der Waals surface area contributed by atoms with Crippen LogP contribution >= 0.6 is 12.4 Å². The van der Waals surface area contributed by atoms with Crippen LogP contribution in [-0.4, -0.2) is 56.1 Å². The van der Waals surface area contributed by atoms with Gasteiger partial charge in [-0.25, -0.2) is 0 Å². The molecule has 1 aliphatic heterocycles. The minimum atomic E-state index is -0.384. The molecule has 0 spiro atoms. The Kier molecular flexibility index (Phi) is 8.18. The highest BCUT2D eigenvalue weighted by Gasteiger charge is 2.29. The first-order valence-corrected chi connectivity index (χ1v) is 7.95. The molecule has 6 nitrogen and oxygen atoms in total. The number of nitrogens with one attached hydrogen (secondary N) is 1. The molecule has 0 aromatic heterocycles. The second kappa shape index (κ2) is 9.61. The zero-order valence-corrected chi connectivity index (χ0v) is 15.0. The molecule has 0 unspecified atom stereocenters. The fourth-order valence-electron chi connectivity index (χ4n) is 2.63. The summed E-state index contributed by atoms with van der Waals surface area (Å²) in [5, 5.41) is 2.89. The molecule has 24 heavy (non-hydrogen) atoms. The quantitative estimate of drug-likeness (QED) is 0.796. The second-order valence-corrected chi connectivity index (χ2v) is 6.00. The van der Waals surface area contributed by atoms with Crippen LogP contribution in [0.3, 0.4) is 0 Å². The summed E-state index contributed by atoms with van der Waals surface area (Å²) in [6.07, 6.45) is 1.85. The number of rotatable bonds is 6. The molecule has 1 heterocycles. The molecule has 0 radical (unpaired) electrons. The van der Waals surface area contributed by atoms with Crippen molar-refractivity contribution in [2.75, 3.05) is 27.2 Å². The predicted octanol–water partition coefficient (Wildman–Crippen LogP) is 0.975. The molecule has 2 rings (SSSR count). The molecular weight excluding hydrogens is 330 g/mol. The summed E-state index contributed by atoms with van der Waals surface area (Å²) in [6, 6.07) is 7.48. The van der Waals surface area contributed by atoms with E-state index in [1.54, 1.807) is 25.1 Å². The Labute approximate surface area is 149 Å². The van der Waals surface area contributed by atoms with Crippen molar-refractivity contribution in [1.82, 2.24) is 10.2 Å². The average Bonchev–Trinajstić information content (AvgIpc) is 3.03. The normalized spacial score (nSPS) is 19.5. The number of amides is 2. The van der Waals surface area contributed by atoms with Gasteiger partial charge in [-0.05, 0) is 37.0 Å². The number of benzene rings is 1. The Morgan fingerprint density at radius 2 is 2.08 bits per heavy atom. The number of hydrogen-bond donors (Lipinski definition) is 2. The van der Waals surface area contributed by atoms with Gasteiger partial charge < -0.3 is 20.7 Å². The van der Waals surface area contributed by atoms with Gasteiger partial charge in [0.25, 0.3) is 5.91 Å². The molecule has 1 aromatic carbocycles. The zero-order chi connectivity index (χ0) is 16.8. The Hall–Kier alpha value is -1.63. The third kappa shape index (κ3) is 5.47. The molecule has 0 saturated carbocycles. The van der Waals surface area contributed by atoms with Crippen molar-refractivity contribution in [3.05, 3.63) is 35.4 Å². The fraction of sp³-hybridized carbons (Fsp3) is 0.529. The highest BCUT2D eigenvalue weighted by molar-refractivity contribution is 5.94. The summed E-state index contributed by atoms with van der Waals surface area (Å²) in [5.74, 6) is -0.107. The molecule has 0 aliphatic carbocycles. The lowest BCUT2D eigenvalue weighted by molar-refractivity contribution is -0.131. The van der Waals surface area contributed by atoms with Crippen LogP contribution in [0, 0.1) is 0 Å². The maximum absolute atomic E-state index is 12.0. The lowest BCUT2D eigenvalue weighted by atomic mass is 10.1. The van der Waals surface area contributed by atoms with E-state index in [-0.39, 0.29) is 36.4 Å². The lowest BCUT2D eigenvalue weighted by Gasteiger charge is -2.13. The molecule has 2 amide bonds. The Balaban J connectivity index is 0.00000288. The number of ether oxygens (including phenoxy) is 1. The van der Waals surface area contributed by atoms with Gasteiger partial charge in [-0.3, -0.25) is 9.59 Å². The van der Waals surface area contributed by atoms with Crippen LogP contribution in [0.4, 0.5) is 0 Å². The first-order valence-electron chi connectivity index (χ1n) is 7.95. The van der Waals surface area contributed by atoms with Crippen molar-refractivity contribution < 1.29 is 14.3 Å². The molecule has 1 saturated heterocycles. The summed E-state index contributed by atoms with van der Waals surface area (Å²) in [7, 11) is 3.46. The molecule has 1 fully saturated rings. The third-order valence-corrected chi connectivity index (χ3v) is 3.96. The van der Waals surface area contributed by atoms with Crippen molar-refractivity contribution in [2.24, 2.45) is 5.73 Å². The van der Waals surface area contributed by atoms with Crippen molar-refractivity contribution in [3.8, 4) is 0 Å². The predicted molar refractivity (Wildman–Crippen MR) is 95.4 cm³/mol. The van der Waals surface area contributed by atoms with Crippen molar-refractivity contribution in [2.45, 2.75) is 31.5 Å². The first-order chi connectivity index (χ1) is 11.0. The van der Waals surface area contributed by atoms with Crippen LogP contribution < -0.4 is 11.1 Å². The average molecular weight is 356 g/mol. The largest absolute Gasteiger partial charge is 0.364 e. The van der Waals surface area contributed by atoms with Crippen LogP contribution in [0.15, 0.2) is 24.3 Å². The summed E-state index contributed by atoms with van der Waals surface area (Å²) < 4.78 is 5.56. The molecule has 1 aromatic rings. The summed E-state index contributed by atoms with van der Waals surface area (Å²) in [6.45, 7) is 0.974. The topological polar surface area (TPSA) is 84.7 Å². The van der Waals surface area contributed by atoms with Crippen molar-refractivity contribution in [1.29, 1.82) is 0 Å². The standard InChI is InChI=1S/C17H25N3O3.ClH/c1-20(2)17(22)13-5-3-4-12(10-13)8-9-19-16(21)15-7-6-14(11-18)23-15;/h3-5,10,14-15H,6-9,11,18H2,1-2H3,(H,19,21);1H/t14-,15+;/m1./s1. The van der Waals surface area contributed by atoms with Crippen LogP contribution in [0.2, 0.25) is 0 Å². The highest BCUT2D eigenvalue weighted by Crippen LogP contribution is 2.18. The minimum absolute atomic E-state index is 0. The number of carbonyl (C=O) groups is 2. The van der Waals surface area contributed by atoms with Crippen LogP contribution in [-0.2, 0) is 16.0 Å². The van der Waals surface area contributed by atoms with E-state index in [2.05, 4.69) is 5.32 Å². The van der Waals surface area contributed by atoms with E-state index < -0.39 is 0 Å². The molecular formula is C17H26ClN3O3. The molecule has 134 valence electrons. The molecule has 0 bridgehead atoms. The molecule has 7 heteroatoms. The van der Waals surface area contributed by atoms with E-state index in [9.17, 15) is 9.59 Å². The van der Waals surface area contributed by atoms with E-state index >= 15 is 0 Å². The zero-order valence-electron chi connectivity index (χ0n) is 14.2. The fourth-order valence-corrected chi connectivity index (χ4v) is 2.63. The van der Waals surface area contributed by atoms with Gasteiger partial charge in [-0.1, -0.05) is 12.1 Å². The summed E-state index contributed by atoms with van der Waals surface area (Å²) in [5.41, 5.74) is 7.22. The number of carbonyl (C=O) groups excluding carboxylic acids is 2. The van der Waals surface area contributed by atoms with Gasteiger partial charge in [0.05, 0.1) is 6.10 Å². The minimum Gasteiger partial charge on any atom is -0.364 e. The van der Waals surface area contributed by atoms with E-state index in [1.165, 1.54) is 0 Å². The third-order valence-electron chi connectivity index (χ3n) is 3.96. The van der Waals surface area contributed by atoms with Crippen LogP contribution in [0.5, 0.6) is 0 Å². The van der Waals surface area contributed by atoms with Gasteiger partial charge in [-0.15, -0.1) is 12.4 Å². The Morgan fingerprint density at radius 1 is 1.33 bits per heavy atom. The number of hydrogen-bond acceptors (Lipinski definition) is 4. The summed E-state index contributed by atoms with van der Waals surface area (Å²) >= 11 is 0. The SMILES string of the molecule is CN(C)C(=O)c1cccc(CCNC(=O)[C@@H]2CC[C@H](CN)O2)c1.Cl. The second-order valence-electron chi connectivity index (χ2n) is 6.00. The lowest BCUT2D eigenvalue weighted by Crippen LogP contribution is -2.36. The van der Waals surface area contributed by atoms with E-state index in [0.717, 1.165) is 18.4 Å². The number of nitrogens with two attached hydrogens (primary N) is 1. The Bertz CT molecular complexity index is 566. The van der Waals surface area contributed by atoms with Gasteiger partial charge in [-0.2, -0.15) is 0 Å². The van der Waals surface area contributed by atoms with E-state index in [4.69, 9.17) is 10.5 Å². The monoisotopic (exact) mass is 355 g/mol. The van der Waals surface area contributed by atoms with Gasteiger partial charge in [0, 0.05) is 32.7 Å². The van der Waals surface area contributed by atoms with Gasteiger partial charge in [0.15, 0.2) is 0 Å². The van der Waals surface area contributed by atoms with Crippen LogP contribution in [0.25, 0.3) is 0 Å². The smallest absolute Gasteiger partial charge is 0.253 e. The molecule has 2 atom stereocenters. The molecule has 1 aliphatic rings. The first kappa shape index (κ1) is 20.4. The van der Waals surface area contributed by atoms with Gasteiger partial charge in [0.1, 0.15) is 6.10 Å².